The van der Waals surface area contributed by atoms with Crippen LogP contribution in [0.15, 0.2) is 0 Å². The maximum absolute atomic E-state index is 10.9. The van der Waals surface area contributed by atoms with Gasteiger partial charge in [-0.3, -0.25) is 0 Å². The van der Waals surface area contributed by atoms with Crippen LogP contribution in [0.3, 0.4) is 0 Å². The Morgan fingerprint density at radius 1 is 0.800 bits per heavy atom. The zero-order valence-electron chi connectivity index (χ0n) is 5.69. The van der Waals surface area contributed by atoms with E-state index in [-0.39, 0.29) is 12.1 Å². The van der Waals surface area contributed by atoms with Crippen molar-refractivity contribution in [2.45, 2.75) is 37.8 Å². The fourth-order valence-corrected chi connectivity index (χ4v) is 0.913. The lowest BCUT2D eigenvalue weighted by atomic mass is 10.7. The van der Waals surface area contributed by atoms with Gasteiger partial charge in [0, 0.05) is 35.4 Å². The third kappa shape index (κ3) is 0.936. The van der Waals surface area contributed by atoms with Crippen LogP contribution >= 0.6 is 0 Å². The van der Waals surface area contributed by atoms with E-state index in [1.807, 2.05) is 0 Å². The van der Waals surface area contributed by atoms with Crippen molar-refractivity contribution in [3.63, 3.8) is 0 Å². The minimum Gasteiger partial charge on any atom is -0.567 e. The fraction of sp³-hybridized carbons (Fsp3) is 1.00. The van der Waals surface area contributed by atoms with E-state index in [4.69, 9.17) is 0 Å². The van der Waals surface area contributed by atoms with Crippen LogP contribution < -0.4 is 0 Å². The summed E-state index contributed by atoms with van der Waals surface area (Å²) in [4.78, 5) is 1.22. The molecule has 4 heteroatoms. The Bertz CT molecular complexity index is 162. The number of hydrogen-bond acceptors (Lipinski definition) is 2. The third-order valence-corrected chi connectivity index (χ3v) is 1.91. The first kappa shape index (κ1) is 5.95. The molecule has 0 amide bonds. The lowest BCUT2D eigenvalue weighted by molar-refractivity contribution is -0.982. The van der Waals surface area contributed by atoms with Crippen molar-refractivity contribution < 1.29 is 9.72 Å². The van der Waals surface area contributed by atoms with Gasteiger partial charge in [-0.15, -0.1) is 0 Å². The van der Waals surface area contributed by atoms with Gasteiger partial charge in [-0.2, -0.15) is 0 Å². The topological polar surface area (TPSA) is 52.1 Å². The normalized spacial score (nSPS) is 28.0. The molecule has 2 aliphatic carbocycles. The summed E-state index contributed by atoms with van der Waals surface area (Å²) in [5, 5.41) is 21.8. The molecule has 0 radical (unpaired) electrons. The summed E-state index contributed by atoms with van der Waals surface area (Å²) in [7, 11) is 0. The minimum atomic E-state index is 0.0121. The van der Waals surface area contributed by atoms with Gasteiger partial charge in [0.05, 0.1) is 0 Å². The van der Waals surface area contributed by atoms with Crippen LogP contribution in [0.5, 0.6) is 0 Å². The summed E-state index contributed by atoms with van der Waals surface area (Å²) in [6.45, 7) is 0. The van der Waals surface area contributed by atoms with Gasteiger partial charge in [0.1, 0.15) is 0 Å². The third-order valence-electron chi connectivity index (χ3n) is 1.91. The number of rotatable bonds is 2. The Morgan fingerprint density at radius 3 is 1.30 bits per heavy atom. The zero-order valence-corrected chi connectivity index (χ0v) is 5.69. The Labute approximate surface area is 58.9 Å². The highest BCUT2D eigenvalue weighted by Crippen LogP contribution is 2.27. The minimum absolute atomic E-state index is 0.0121. The van der Waals surface area contributed by atoms with Crippen molar-refractivity contribution >= 4 is 0 Å². The lowest BCUT2D eigenvalue weighted by Gasteiger charge is -2.00. The average Bonchev–Trinajstić information content (AvgIpc) is 2.73. The Morgan fingerprint density at radius 2 is 1.10 bits per heavy atom. The quantitative estimate of drug-likeness (QED) is 0.325. The Balaban J connectivity index is 2.07. The molecule has 0 aliphatic heterocycles. The molecule has 10 heavy (non-hydrogen) atoms. The smallest absolute Gasteiger partial charge is 0.229 e. The Kier molecular flexibility index (Phi) is 1.09. The predicted octanol–water partition coefficient (Wildman–Crippen LogP) is 0.784. The molecule has 0 aromatic carbocycles. The van der Waals surface area contributed by atoms with E-state index < -0.39 is 0 Å². The molecular formula is C6H10N2O2. The molecule has 0 saturated heterocycles. The second-order valence-electron chi connectivity index (χ2n) is 3.07. The molecule has 0 atom stereocenters. The number of hydrogen-bond donors (Lipinski definition) is 0. The molecule has 0 N–H and O–H groups in total. The van der Waals surface area contributed by atoms with E-state index in [0.717, 1.165) is 25.7 Å². The van der Waals surface area contributed by atoms with Crippen molar-refractivity contribution in [1.29, 1.82) is 0 Å². The first-order valence-corrected chi connectivity index (χ1v) is 3.71. The Hall–Kier alpha value is -0.800. The van der Waals surface area contributed by atoms with Crippen LogP contribution in [0.4, 0.5) is 0 Å². The molecule has 0 aromatic heterocycles. The van der Waals surface area contributed by atoms with Gasteiger partial charge >= 0.3 is 0 Å². The summed E-state index contributed by atoms with van der Waals surface area (Å²) in [6, 6.07) is 0.0243. The van der Waals surface area contributed by atoms with Crippen molar-refractivity contribution in [2.24, 2.45) is 0 Å². The molecule has 4 nitrogen and oxygen atoms in total. The van der Waals surface area contributed by atoms with Crippen LogP contribution in [0.1, 0.15) is 25.7 Å². The molecule has 0 spiro atoms. The van der Waals surface area contributed by atoms with E-state index in [2.05, 4.69) is 0 Å². The largest absolute Gasteiger partial charge is 0.567 e. The molecular weight excluding hydrogens is 132 g/mol. The summed E-state index contributed by atoms with van der Waals surface area (Å²) in [5.74, 6) is 0. The maximum atomic E-state index is 10.9. The summed E-state index contributed by atoms with van der Waals surface area (Å²) >= 11 is 0. The van der Waals surface area contributed by atoms with Crippen LogP contribution in [-0.4, -0.2) is 21.8 Å². The van der Waals surface area contributed by atoms with Crippen LogP contribution in [0.25, 0.3) is 0 Å². The maximum Gasteiger partial charge on any atom is 0.229 e. The van der Waals surface area contributed by atoms with Gasteiger partial charge in [-0.25, -0.2) is 0 Å². The van der Waals surface area contributed by atoms with Gasteiger partial charge < -0.3 is 10.4 Å². The molecule has 2 rings (SSSR count). The standard InChI is InChI=1S/C6H10N2O2/c9-7(5-1-2-5)8(10)6-3-4-6/h5-6H,1-4H2/b8-7+. The van der Waals surface area contributed by atoms with Crippen LogP contribution in [0.2, 0.25) is 0 Å². The van der Waals surface area contributed by atoms with Gasteiger partial charge in [0.15, 0.2) is 0 Å². The first-order chi connectivity index (χ1) is 4.79. The highest BCUT2D eigenvalue weighted by Gasteiger charge is 2.42. The summed E-state index contributed by atoms with van der Waals surface area (Å²) in [6.07, 6.45) is 3.59. The number of hydroxylamine groups is 2. The SMILES string of the molecule is [O-]/[N+](C1CC1)=[N+](/[O-])C1CC1. The second-order valence-corrected chi connectivity index (χ2v) is 3.07. The van der Waals surface area contributed by atoms with Gasteiger partial charge in [0.2, 0.25) is 12.1 Å². The van der Waals surface area contributed by atoms with E-state index >= 15 is 0 Å². The molecule has 2 saturated carbocycles. The second kappa shape index (κ2) is 1.84. The van der Waals surface area contributed by atoms with Crippen LogP contribution in [-0.2, 0) is 0 Å². The monoisotopic (exact) mass is 142 g/mol. The van der Waals surface area contributed by atoms with Crippen molar-refractivity contribution in [3.05, 3.63) is 10.4 Å². The van der Waals surface area contributed by atoms with Gasteiger partial charge in [-0.1, -0.05) is 0 Å². The van der Waals surface area contributed by atoms with E-state index in [9.17, 15) is 10.4 Å². The molecule has 2 aliphatic rings. The van der Waals surface area contributed by atoms with E-state index in [1.165, 1.54) is 0 Å². The summed E-state index contributed by atoms with van der Waals surface area (Å²) in [5.41, 5.74) is 0. The molecule has 0 aromatic rings. The molecule has 2 fully saturated rings. The molecule has 0 bridgehead atoms. The highest BCUT2D eigenvalue weighted by atomic mass is 16.6. The van der Waals surface area contributed by atoms with Gasteiger partial charge in [-0.05, 0) is 0 Å². The van der Waals surface area contributed by atoms with E-state index in [1.54, 1.807) is 0 Å². The van der Waals surface area contributed by atoms with Gasteiger partial charge in [0.25, 0.3) is 0 Å². The summed E-state index contributed by atoms with van der Waals surface area (Å²) < 4.78 is 0. The molecule has 0 heterocycles. The lowest BCUT2D eigenvalue weighted by Crippen LogP contribution is -2.20. The molecule has 56 valence electrons. The van der Waals surface area contributed by atoms with Crippen LogP contribution in [0, 0.1) is 10.4 Å². The zero-order chi connectivity index (χ0) is 7.14. The fourth-order valence-electron chi connectivity index (χ4n) is 0.913. The number of azo groups is 1. The van der Waals surface area contributed by atoms with Crippen molar-refractivity contribution in [3.8, 4) is 0 Å². The molecule has 0 unspecified atom stereocenters. The van der Waals surface area contributed by atoms with E-state index in [0.29, 0.717) is 9.72 Å². The number of nitrogens with zero attached hydrogens (tertiary/aromatic N) is 2. The predicted molar refractivity (Wildman–Crippen MR) is 33.3 cm³/mol. The highest BCUT2D eigenvalue weighted by molar-refractivity contribution is 4.72. The van der Waals surface area contributed by atoms with Crippen molar-refractivity contribution in [1.82, 2.24) is 0 Å². The first-order valence-electron chi connectivity index (χ1n) is 3.71. The van der Waals surface area contributed by atoms with Crippen molar-refractivity contribution in [2.75, 3.05) is 0 Å². The average molecular weight is 142 g/mol.